The molecule has 176 valence electrons. The van der Waals surface area contributed by atoms with Gasteiger partial charge in [0, 0.05) is 49.4 Å². The topological polar surface area (TPSA) is 91.6 Å². The lowest BCUT2D eigenvalue weighted by Crippen LogP contribution is -2.43. The Morgan fingerprint density at radius 3 is 2.79 bits per heavy atom. The summed E-state index contributed by atoms with van der Waals surface area (Å²) in [6.45, 7) is 3.05. The number of hydrogen-bond acceptors (Lipinski definition) is 8. The lowest BCUT2D eigenvalue weighted by molar-refractivity contribution is 0.0608. The normalized spacial score (nSPS) is 20.1. The molecule has 2 aromatic heterocycles. The van der Waals surface area contributed by atoms with Crippen LogP contribution in [0, 0.1) is 11.8 Å². The van der Waals surface area contributed by atoms with E-state index < -0.39 is 6.10 Å². The maximum Gasteiger partial charge on any atom is 0.187 e. The Balaban J connectivity index is 1.30. The molecule has 1 unspecified atom stereocenters. The first-order valence-electron chi connectivity index (χ1n) is 11.5. The molecule has 1 saturated heterocycles. The Hall–Kier alpha value is -2.26. The van der Waals surface area contributed by atoms with Gasteiger partial charge in [0.05, 0.1) is 18.7 Å². The third-order valence-corrected chi connectivity index (χ3v) is 7.40. The summed E-state index contributed by atoms with van der Waals surface area (Å²) in [5.74, 6) is 2.34. The van der Waals surface area contributed by atoms with Crippen molar-refractivity contribution in [3.05, 3.63) is 54.5 Å². The SMILES string of the molecule is COc1ccc2nccc(C(O)CC[C@@H]3CCN(CCSc4ncccn4)C[C@@H]3CO)c2c1. The lowest BCUT2D eigenvalue weighted by atomic mass is 9.81. The highest BCUT2D eigenvalue weighted by atomic mass is 32.2. The van der Waals surface area contributed by atoms with Crippen LogP contribution in [0.5, 0.6) is 5.75 Å². The van der Waals surface area contributed by atoms with E-state index in [1.165, 1.54) is 0 Å². The average Bonchev–Trinajstić information content (AvgIpc) is 2.87. The van der Waals surface area contributed by atoms with E-state index >= 15 is 0 Å². The predicted molar refractivity (Wildman–Crippen MR) is 130 cm³/mol. The van der Waals surface area contributed by atoms with Crippen LogP contribution in [0.3, 0.4) is 0 Å². The number of hydrogen-bond donors (Lipinski definition) is 2. The molecule has 0 bridgehead atoms. The maximum absolute atomic E-state index is 11.0. The monoisotopic (exact) mass is 468 g/mol. The molecule has 8 heteroatoms. The number of pyridine rings is 1. The van der Waals surface area contributed by atoms with Crippen molar-refractivity contribution in [2.24, 2.45) is 11.8 Å². The summed E-state index contributed by atoms with van der Waals surface area (Å²) >= 11 is 1.67. The molecule has 7 nitrogen and oxygen atoms in total. The Morgan fingerprint density at radius 1 is 1.15 bits per heavy atom. The van der Waals surface area contributed by atoms with Gasteiger partial charge in [-0.25, -0.2) is 9.97 Å². The molecule has 2 N–H and O–H groups in total. The molecule has 0 spiro atoms. The summed E-state index contributed by atoms with van der Waals surface area (Å²) in [7, 11) is 1.64. The Bertz CT molecular complexity index is 1020. The molecule has 3 heterocycles. The van der Waals surface area contributed by atoms with E-state index in [1.54, 1.807) is 37.5 Å². The Labute approximate surface area is 199 Å². The van der Waals surface area contributed by atoms with Crippen molar-refractivity contribution in [2.45, 2.75) is 30.5 Å². The van der Waals surface area contributed by atoms with Crippen molar-refractivity contribution < 1.29 is 14.9 Å². The zero-order valence-corrected chi connectivity index (χ0v) is 19.8. The minimum Gasteiger partial charge on any atom is -0.497 e. The second-order valence-electron chi connectivity index (χ2n) is 8.55. The largest absolute Gasteiger partial charge is 0.497 e. The first-order chi connectivity index (χ1) is 16.2. The molecular formula is C25H32N4O3S. The predicted octanol–water partition coefficient (Wildman–Crippen LogP) is 3.57. The van der Waals surface area contributed by atoms with Crippen LogP contribution in [0.4, 0.5) is 0 Å². The Morgan fingerprint density at radius 2 is 2.00 bits per heavy atom. The van der Waals surface area contributed by atoms with Crippen LogP contribution in [0.2, 0.25) is 0 Å². The zero-order valence-electron chi connectivity index (χ0n) is 19.0. The molecule has 1 fully saturated rings. The number of aromatic nitrogens is 3. The standard InChI is InChI=1S/C25H32N4O3S/c1-32-20-4-5-23-22(15-20)21(7-11-26-23)24(31)6-3-18-8-12-29(16-19(18)17-30)13-14-33-25-27-9-2-10-28-25/h2,4-5,7,9-11,15,18-19,24,30-31H,3,6,8,12-14,16-17H2,1H3/t18-,19-,24?/m1/s1. The average molecular weight is 469 g/mol. The van der Waals surface area contributed by atoms with Gasteiger partial charge in [-0.05, 0) is 73.5 Å². The van der Waals surface area contributed by atoms with E-state index in [-0.39, 0.29) is 12.5 Å². The first kappa shape index (κ1) is 23.9. The number of aliphatic hydroxyl groups excluding tert-OH is 2. The number of aliphatic hydroxyl groups is 2. The lowest BCUT2D eigenvalue weighted by Gasteiger charge is -2.38. The molecule has 3 aromatic rings. The van der Waals surface area contributed by atoms with Gasteiger partial charge in [0.15, 0.2) is 5.16 Å². The molecule has 0 radical (unpaired) electrons. The number of thioether (sulfide) groups is 1. The smallest absolute Gasteiger partial charge is 0.187 e. The van der Waals surface area contributed by atoms with Crippen molar-refractivity contribution in [1.82, 2.24) is 19.9 Å². The van der Waals surface area contributed by atoms with Crippen LogP contribution >= 0.6 is 11.8 Å². The molecular weight excluding hydrogens is 436 g/mol. The van der Waals surface area contributed by atoms with Gasteiger partial charge in [0.2, 0.25) is 0 Å². The van der Waals surface area contributed by atoms with E-state index in [4.69, 9.17) is 4.74 Å². The third-order valence-electron chi connectivity index (χ3n) is 6.54. The molecule has 33 heavy (non-hydrogen) atoms. The molecule has 3 atom stereocenters. The van der Waals surface area contributed by atoms with Crippen molar-refractivity contribution in [3.63, 3.8) is 0 Å². The number of rotatable bonds is 10. The number of methoxy groups -OCH3 is 1. The molecule has 0 aliphatic carbocycles. The molecule has 4 rings (SSSR count). The molecule has 1 aromatic carbocycles. The van der Waals surface area contributed by atoms with Crippen LogP contribution in [0.15, 0.2) is 54.1 Å². The van der Waals surface area contributed by atoms with E-state index in [1.807, 2.05) is 30.3 Å². The highest BCUT2D eigenvalue weighted by Gasteiger charge is 2.29. The highest BCUT2D eigenvalue weighted by molar-refractivity contribution is 7.99. The molecule has 0 amide bonds. The maximum atomic E-state index is 11.0. The van der Waals surface area contributed by atoms with Gasteiger partial charge in [0.1, 0.15) is 5.75 Å². The zero-order chi connectivity index (χ0) is 23.0. The molecule has 1 aliphatic rings. The quantitative estimate of drug-likeness (QED) is 0.345. The van der Waals surface area contributed by atoms with Crippen LogP contribution in [-0.4, -0.2) is 69.2 Å². The minimum absolute atomic E-state index is 0.182. The second-order valence-corrected chi connectivity index (χ2v) is 9.61. The molecule has 1 aliphatic heterocycles. The van der Waals surface area contributed by atoms with Crippen LogP contribution in [-0.2, 0) is 0 Å². The Kier molecular flexibility index (Phi) is 8.50. The summed E-state index contributed by atoms with van der Waals surface area (Å²) in [6.07, 6.45) is 7.31. The number of fused-ring (bicyclic) bond motifs is 1. The van der Waals surface area contributed by atoms with Gasteiger partial charge in [-0.15, -0.1) is 0 Å². The van der Waals surface area contributed by atoms with Crippen LogP contribution in [0.1, 0.15) is 30.9 Å². The minimum atomic E-state index is -0.567. The summed E-state index contributed by atoms with van der Waals surface area (Å²) in [5, 5.41) is 22.8. The van der Waals surface area contributed by atoms with Crippen molar-refractivity contribution >= 4 is 22.7 Å². The van der Waals surface area contributed by atoms with Crippen molar-refractivity contribution in [2.75, 3.05) is 39.1 Å². The summed E-state index contributed by atoms with van der Waals surface area (Å²) < 4.78 is 5.35. The van der Waals surface area contributed by atoms with E-state index in [9.17, 15) is 10.2 Å². The fourth-order valence-electron chi connectivity index (χ4n) is 4.66. The molecule has 0 saturated carbocycles. The van der Waals surface area contributed by atoms with E-state index in [0.717, 1.165) is 65.6 Å². The van der Waals surface area contributed by atoms with Gasteiger partial charge >= 0.3 is 0 Å². The first-order valence-corrected chi connectivity index (χ1v) is 12.5. The number of ether oxygens (including phenoxy) is 1. The van der Waals surface area contributed by atoms with E-state index in [0.29, 0.717) is 12.3 Å². The number of nitrogens with zero attached hydrogens (tertiary/aromatic N) is 4. The summed E-state index contributed by atoms with van der Waals surface area (Å²) in [4.78, 5) is 15.4. The van der Waals surface area contributed by atoms with E-state index in [2.05, 4.69) is 19.9 Å². The number of benzene rings is 1. The highest BCUT2D eigenvalue weighted by Crippen LogP contribution is 2.33. The van der Waals surface area contributed by atoms with Gasteiger partial charge in [0.25, 0.3) is 0 Å². The summed E-state index contributed by atoms with van der Waals surface area (Å²) in [5.41, 5.74) is 1.74. The van der Waals surface area contributed by atoms with Gasteiger partial charge < -0.3 is 19.8 Å². The fourth-order valence-corrected chi connectivity index (χ4v) is 5.47. The van der Waals surface area contributed by atoms with Gasteiger partial charge in [-0.3, -0.25) is 4.98 Å². The van der Waals surface area contributed by atoms with Crippen molar-refractivity contribution in [3.8, 4) is 5.75 Å². The third kappa shape index (κ3) is 6.20. The second kappa shape index (κ2) is 11.7. The summed E-state index contributed by atoms with van der Waals surface area (Å²) in [6, 6.07) is 9.47. The number of piperidine rings is 1. The van der Waals surface area contributed by atoms with Gasteiger partial charge in [-0.2, -0.15) is 0 Å². The van der Waals surface area contributed by atoms with Crippen molar-refractivity contribution in [1.29, 1.82) is 0 Å². The fraction of sp³-hybridized carbons (Fsp3) is 0.480. The van der Waals surface area contributed by atoms with Crippen LogP contribution in [0.25, 0.3) is 10.9 Å². The van der Waals surface area contributed by atoms with Crippen LogP contribution < -0.4 is 4.74 Å². The van der Waals surface area contributed by atoms with Gasteiger partial charge in [-0.1, -0.05) is 11.8 Å². The number of likely N-dealkylation sites (tertiary alicyclic amines) is 1.